The molecule has 0 spiro atoms. The Hall–Kier alpha value is -0.0800. The normalized spacial score (nSPS) is 13.2. The van der Waals surface area contributed by atoms with Crippen LogP contribution < -0.4 is 10.6 Å². The third-order valence-corrected chi connectivity index (χ3v) is 3.64. The highest BCUT2D eigenvalue weighted by atomic mass is 127. The number of likely N-dealkylation sites (N-methyl/N-ethyl adjacent to an activating group) is 1. The second-order valence-electron chi connectivity index (χ2n) is 5.25. The van der Waals surface area contributed by atoms with Gasteiger partial charge in [-0.15, -0.1) is 24.0 Å². The fourth-order valence-corrected chi connectivity index (χ4v) is 2.36. The second kappa shape index (κ2) is 14.8. The number of nitrogens with one attached hydrogen (secondary N) is 2. The Labute approximate surface area is 148 Å². The predicted octanol–water partition coefficient (Wildman–Crippen LogP) is 2.17. The Morgan fingerprint density at radius 2 is 1.76 bits per heavy atom. The minimum absolute atomic E-state index is 0. The van der Waals surface area contributed by atoms with Crippen molar-refractivity contribution in [2.24, 2.45) is 10.9 Å². The zero-order chi connectivity index (χ0) is 15.4. The fraction of sp³-hybridized carbons (Fsp3) is 0.933. The van der Waals surface area contributed by atoms with E-state index in [1.807, 2.05) is 0 Å². The van der Waals surface area contributed by atoms with Crippen LogP contribution in [0.25, 0.3) is 0 Å². The molecule has 6 heteroatoms. The molecule has 0 aromatic rings. The summed E-state index contributed by atoms with van der Waals surface area (Å²) in [5, 5.41) is 6.56. The first-order chi connectivity index (χ1) is 9.60. The van der Waals surface area contributed by atoms with Crippen molar-refractivity contribution in [3.8, 4) is 0 Å². The molecule has 0 heterocycles. The summed E-state index contributed by atoms with van der Waals surface area (Å²) >= 11 is 0. The molecule has 0 radical (unpaired) electrons. The molecule has 0 amide bonds. The maximum Gasteiger partial charge on any atom is 0.191 e. The van der Waals surface area contributed by atoms with Crippen LogP contribution >= 0.6 is 24.0 Å². The zero-order valence-corrected chi connectivity index (χ0v) is 16.9. The molecule has 0 saturated carbocycles. The number of guanidine groups is 1. The summed E-state index contributed by atoms with van der Waals surface area (Å²) in [5.41, 5.74) is 0. The highest BCUT2D eigenvalue weighted by molar-refractivity contribution is 14.0. The van der Waals surface area contributed by atoms with E-state index in [0.717, 1.165) is 25.6 Å². The summed E-state index contributed by atoms with van der Waals surface area (Å²) in [4.78, 5) is 7.01. The first-order valence-corrected chi connectivity index (χ1v) is 7.78. The minimum Gasteiger partial charge on any atom is -0.383 e. The molecule has 0 fully saturated rings. The highest BCUT2D eigenvalue weighted by Crippen LogP contribution is 2.17. The maximum absolute atomic E-state index is 5.05. The number of aliphatic imine (C=N–C) groups is 1. The number of rotatable bonds is 10. The van der Waals surface area contributed by atoms with E-state index < -0.39 is 0 Å². The molecule has 0 rings (SSSR count). The Kier molecular flexibility index (Phi) is 16.4. The summed E-state index contributed by atoms with van der Waals surface area (Å²) < 4.78 is 5.05. The molecule has 0 aliphatic rings. The van der Waals surface area contributed by atoms with Crippen LogP contribution in [0.2, 0.25) is 0 Å². The van der Waals surface area contributed by atoms with Gasteiger partial charge in [-0.1, -0.05) is 26.7 Å². The van der Waals surface area contributed by atoms with E-state index in [9.17, 15) is 0 Å². The lowest BCUT2D eigenvalue weighted by molar-refractivity contribution is 0.202. The molecule has 0 bridgehead atoms. The van der Waals surface area contributed by atoms with E-state index in [-0.39, 0.29) is 24.0 Å². The van der Waals surface area contributed by atoms with Gasteiger partial charge in [-0.2, -0.15) is 0 Å². The van der Waals surface area contributed by atoms with E-state index in [1.165, 1.54) is 12.8 Å². The van der Waals surface area contributed by atoms with Gasteiger partial charge in [0.1, 0.15) is 0 Å². The molecular weight excluding hydrogens is 379 g/mol. The van der Waals surface area contributed by atoms with E-state index in [4.69, 9.17) is 9.73 Å². The SMILES string of the molecule is CCNC(=NCC(C(CC)CC)N(C)C)NCCOC.I. The molecule has 0 aromatic heterocycles. The molecule has 0 aliphatic carbocycles. The van der Waals surface area contributed by atoms with E-state index in [2.05, 4.69) is 50.4 Å². The minimum atomic E-state index is 0. The summed E-state index contributed by atoms with van der Waals surface area (Å²) in [6, 6.07) is 0.489. The van der Waals surface area contributed by atoms with E-state index >= 15 is 0 Å². The van der Waals surface area contributed by atoms with Crippen LogP contribution in [0.15, 0.2) is 4.99 Å². The van der Waals surface area contributed by atoms with Gasteiger partial charge in [0.15, 0.2) is 5.96 Å². The van der Waals surface area contributed by atoms with Crippen LogP contribution in [0.4, 0.5) is 0 Å². The summed E-state index contributed by atoms with van der Waals surface area (Å²) in [6.07, 6.45) is 2.39. The number of halogens is 1. The molecular formula is C15H35IN4O. The molecule has 0 saturated heterocycles. The number of nitrogens with zero attached hydrogens (tertiary/aromatic N) is 2. The Bertz CT molecular complexity index is 258. The van der Waals surface area contributed by atoms with Crippen LogP contribution in [0.5, 0.6) is 0 Å². The monoisotopic (exact) mass is 414 g/mol. The lowest BCUT2D eigenvalue weighted by atomic mass is 9.93. The predicted molar refractivity (Wildman–Crippen MR) is 103 cm³/mol. The third-order valence-electron chi connectivity index (χ3n) is 3.64. The lowest BCUT2D eigenvalue weighted by Gasteiger charge is -2.30. The van der Waals surface area contributed by atoms with Crippen molar-refractivity contribution in [3.05, 3.63) is 0 Å². The van der Waals surface area contributed by atoms with Gasteiger partial charge in [0.2, 0.25) is 0 Å². The average Bonchev–Trinajstić information content (AvgIpc) is 2.43. The van der Waals surface area contributed by atoms with Crippen molar-refractivity contribution in [2.75, 3.05) is 47.4 Å². The molecule has 1 atom stereocenters. The molecule has 1 unspecified atom stereocenters. The third kappa shape index (κ3) is 10.3. The Morgan fingerprint density at radius 3 is 2.19 bits per heavy atom. The molecule has 0 aromatic carbocycles. The first kappa shape index (κ1) is 23.2. The summed E-state index contributed by atoms with van der Waals surface area (Å²) in [6.45, 7) is 9.76. The highest BCUT2D eigenvalue weighted by Gasteiger charge is 2.20. The lowest BCUT2D eigenvalue weighted by Crippen LogP contribution is -2.42. The molecule has 0 aliphatic heterocycles. The topological polar surface area (TPSA) is 48.9 Å². The van der Waals surface area contributed by atoms with Crippen molar-refractivity contribution in [1.29, 1.82) is 0 Å². The smallest absolute Gasteiger partial charge is 0.191 e. The van der Waals surface area contributed by atoms with Crippen molar-refractivity contribution in [3.63, 3.8) is 0 Å². The van der Waals surface area contributed by atoms with Crippen molar-refractivity contribution < 1.29 is 4.74 Å². The second-order valence-corrected chi connectivity index (χ2v) is 5.25. The molecule has 5 nitrogen and oxygen atoms in total. The van der Waals surface area contributed by atoms with Gasteiger partial charge in [-0.25, -0.2) is 0 Å². The van der Waals surface area contributed by atoms with Crippen LogP contribution in [0.1, 0.15) is 33.6 Å². The van der Waals surface area contributed by atoms with Gasteiger partial charge in [-0.3, -0.25) is 4.99 Å². The maximum atomic E-state index is 5.05. The zero-order valence-electron chi connectivity index (χ0n) is 14.6. The number of ether oxygens (including phenoxy) is 1. The van der Waals surface area contributed by atoms with Crippen molar-refractivity contribution in [1.82, 2.24) is 15.5 Å². The summed E-state index contributed by atoms with van der Waals surface area (Å²) in [5.74, 6) is 1.57. The van der Waals surface area contributed by atoms with Crippen LogP contribution in [0, 0.1) is 5.92 Å². The largest absolute Gasteiger partial charge is 0.383 e. The number of methoxy groups -OCH3 is 1. The fourth-order valence-electron chi connectivity index (χ4n) is 2.36. The molecule has 21 heavy (non-hydrogen) atoms. The van der Waals surface area contributed by atoms with Gasteiger partial charge in [0.25, 0.3) is 0 Å². The van der Waals surface area contributed by atoms with Crippen LogP contribution in [-0.4, -0.2) is 64.3 Å². The van der Waals surface area contributed by atoms with Gasteiger partial charge >= 0.3 is 0 Å². The molecule has 2 N–H and O–H groups in total. The average molecular weight is 414 g/mol. The number of hydrogen-bond donors (Lipinski definition) is 2. The van der Waals surface area contributed by atoms with E-state index in [0.29, 0.717) is 18.6 Å². The standard InChI is InChI=1S/C15H34N4O.HI/c1-7-13(8-2)14(19(4)5)12-18-15(16-9-3)17-10-11-20-6;/h13-14H,7-12H2,1-6H3,(H2,16,17,18);1H. The van der Waals surface area contributed by atoms with E-state index in [1.54, 1.807) is 7.11 Å². The Morgan fingerprint density at radius 1 is 1.14 bits per heavy atom. The number of hydrogen-bond acceptors (Lipinski definition) is 3. The molecule has 128 valence electrons. The van der Waals surface area contributed by atoms with Gasteiger partial charge in [-0.05, 0) is 26.9 Å². The Balaban J connectivity index is 0. The van der Waals surface area contributed by atoms with Crippen LogP contribution in [0.3, 0.4) is 0 Å². The van der Waals surface area contributed by atoms with Gasteiger partial charge in [0, 0.05) is 26.2 Å². The van der Waals surface area contributed by atoms with Crippen LogP contribution in [-0.2, 0) is 4.74 Å². The quantitative estimate of drug-likeness (QED) is 0.249. The van der Waals surface area contributed by atoms with Crippen molar-refractivity contribution in [2.45, 2.75) is 39.7 Å². The van der Waals surface area contributed by atoms with Crippen molar-refractivity contribution >= 4 is 29.9 Å². The summed E-state index contributed by atoms with van der Waals surface area (Å²) in [7, 11) is 5.99. The first-order valence-electron chi connectivity index (χ1n) is 7.78. The van der Waals surface area contributed by atoms with Gasteiger partial charge < -0.3 is 20.3 Å². The van der Waals surface area contributed by atoms with Gasteiger partial charge in [0.05, 0.1) is 13.2 Å².